The maximum absolute atomic E-state index is 12.5. The van der Waals surface area contributed by atoms with Crippen LogP contribution in [0.15, 0.2) is 10.2 Å². The minimum atomic E-state index is -1.07. The Balaban J connectivity index is 2.71. The number of fused-ring (bicyclic) bond motifs is 1. The van der Waals surface area contributed by atoms with Crippen LogP contribution in [0.1, 0.15) is 42.9 Å². The Morgan fingerprint density at radius 1 is 1.47 bits per heavy atom. The van der Waals surface area contributed by atoms with Crippen LogP contribution in [0.2, 0.25) is 0 Å². The molecule has 0 unspecified atom stereocenters. The van der Waals surface area contributed by atoms with Gasteiger partial charge >= 0.3 is 5.97 Å². The topological polar surface area (TPSA) is 72.2 Å². The Bertz CT molecular complexity index is 672. The maximum Gasteiger partial charge on any atom is 0.337 e. The zero-order chi connectivity index (χ0) is 14.0. The molecule has 19 heavy (non-hydrogen) atoms. The highest BCUT2D eigenvalue weighted by Gasteiger charge is 2.18. The lowest BCUT2D eigenvalue weighted by molar-refractivity contribution is 0.0699. The van der Waals surface area contributed by atoms with Crippen LogP contribution >= 0.6 is 11.3 Å². The Morgan fingerprint density at radius 3 is 2.79 bits per heavy atom. The third-order valence-electron chi connectivity index (χ3n) is 3.05. The fourth-order valence-electron chi connectivity index (χ4n) is 2.04. The molecule has 0 saturated heterocycles. The van der Waals surface area contributed by atoms with Gasteiger partial charge in [0.2, 0.25) is 0 Å². The third-order valence-corrected chi connectivity index (χ3v) is 3.93. The fraction of sp³-hybridized carbons (Fsp3) is 0.462. The van der Waals surface area contributed by atoms with Crippen molar-refractivity contribution in [3.8, 4) is 0 Å². The van der Waals surface area contributed by atoms with E-state index in [4.69, 9.17) is 5.11 Å². The number of carboxylic acids is 1. The summed E-state index contributed by atoms with van der Waals surface area (Å²) in [5, 5.41) is 10.9. The molecule has 0 aliphatic heterocycles. The number of aromatic carboxylic acids is 1. The Labute approximate surface area is 114 Å². The number of unbranched alkanes of at least 4 members (excludes halogenated alkanes) is 1. The van der Waals surface area contributed by atoms with Crippen LogP contribution in [0.25, 0.3) is 10.2 Å². The second kappa shape index (κ2) is 5.52. The van der Waals surface area contributed by atoms with Crippen LogP contribution < -0.4 is 5.56 Å². The quantitative estimate of drug-likeness (QED) is 0.913. The zero-order valence-electron chi connectivity index (χ0n) is 11.0. The molecule has 2 heterocycles. The van der Waals surface area contributed by atoms with Gasteiger partial charge in [-0.15, -0.1) is 11.3 Å². The van der Waals surface area contributed by atoms with Gasteiger partial charge in [0.05, 0.1) is 10.9 Å². The Kier molecular flexibility index (Phi) is 3.99. The molecule has 1 N–H and O–H groups in total. The normalized spacial score (nSPS) is 11.1. The van der Waals surface area contributed by atoms with Crippen LogP contribution in [0.3, 0.4) is 0 Å². The largest absolute Gasteiger partial charge is 0.478 e. The first kappa shape index (κ1) is 13.7. The van der Waals surface area contributed by atoms with E-state index in [0.717, 1.165) is 18.7 Å². The van der Waals surface area contributed by atoms with Crippen molar-refractivity contribution in [2.24, 2.45) is 0 Å². The van der Waals surface area contributed by atoms with Crippen LogP contribution in [-0.2, 0) is 13.0 Å². The van der Waals surface area contributed by atoms with Crippen LogP contribution in [0.4, 0.5) is 0 Å². The Morgan fingerprint density at radius 2 is 2.21 bits per heavy atom. The number of nitrogens with zero attached hydrogens (tertiary/aromatic N) is 2. The predicted molar refractivity (Wildman–Crippen MR) is 75.1 cm³/mol. The highest BCUT2D eigenvalue weighted by Crippen LogP contribution is 2.22. The lowest BCUT2D eigenvalue weighted by atomic mass is 10.2. The summed E-state index contributed by atoms with van der Waals surface area (Å²) < 4.78 is 1.62. The molecule has 6 heteroatoms. The summed E-state index contributed by atoms with van der Waals surface area (Å²) >= 11 is 1.21. The van der Waals surface area contributed by atoms with Gasteiger partial charge in [0.25, 0.3) is 5.56 Å². The number of aryl methyl sites for hydroxylation is 1. The average molecular weight is 280 g/mol. The summed E-state index contributed by atoms with van der Waals surface area (Å²) in [7, 11) is 0. The number of carboxylic acid groups (broad SMARTS) is 1. The van der Waals surface area contributed by atoms with Crippen molar-refractivity contribution in [1.29, 1.82) is 0 Å². The van der Waals surface area contributed by atoms with Gasteiger partial charge in [0.1, 0.15) is 10.7 Å². The standard InChI is InChI=1S/C13H16N2O3S/c1-3-5-6-15-9(4-2)14-11-10(12(15)16)8(7-19-11)13(17)18/h7H,3-6H2,1-2H3,(H,17,18). The van der Waals surface area contributed by atoms with Gasteiger partial charge in [-0.3, -0.25) is 9.36 Å². The highest BCUT2D eigenvalue weighted by molar-refractivity contribution is 7.17. The molecule has 0 amide bonds. The summed E-state index contributed by atoms with van der Waals surface area (Å²) in [6.45, 7) is 4.59. The molecule has 0 radical (unpaired) electrons. The number of rotatable bonds is 5. The summed E-state index contributed by atoms with van der Waals surface area (Å²) in [6, 6.07) is 0. The van der Waals surface area contributed by atoms with Gasteiger partial charge in [0, 0.05) is 18.3 Å². The molecule has 2 rings (SSSR count). The van der Waals surface area contributed by atoms with E-state index in [1.54, 1.807) is 4.57 Å². The van der Waals surface area contributed by atoms with Gasteiger partial charge in [0.15, 0.2) is 0 Å². The molecule has 2 aromatic rings. The summed E-state index contributed by atoms with van der Waals surface area (Å²) in [5.41, 5.74) is -0.167. The van der Waals surface area contributed by atoms with E-state index < -0.39 is 5.97 Å². The number of thiophene rings is 1. The fourth-order valence-corrected chi connectivity index (χ4v) is 2.96. The highest BCUT2D eigenvalue weighted by atomic mass is 32.1. The van der Waals surface area contributed by atoms with E-state index >= 15 is 0 Å². The minimum Gasteiger partial charge on any atom is -0.478 e. The van der Waals surface area contributed by atoms with Crippen molar-refractivity contribution in [2.45, 2.75) is 39.7 Å². The van der Waals surface area contributed by atoms with E-state index in [-0.39, 0.29) is 16.5 Å². The van der Waals surface area contributed by atoms with Crippen molar-refractivity contribution in [1.82, 2.24) is 9.55 Å². The van der Waals surface area contributed by atoms with Crippen molar-refractivity contribution >= 4 is 27.5 Å². The second-order valence-electron chi connectivity index (χ2n) is 4.33. The molecule has 0 saturated carbocycles. The SMILES string of the molecule is CCCCn1c(CC)nc2scc(C(=O)O)c2c1=O. The monoisotopic (exact) mass is 280 g/mol. The van der Waals surface area contributed by atoms with Crippen LogP contribution in [0.5, 0.6) is 0 Å². The zero-order valence-corrected chi connectivity index (χ0v) is 11.8. The third kappa shape index (κ3) is 2.40. The molecule has 0 fully saturated rings. The minimum absolute atomic E-state index is 0.0606. The molecule has 2 aromatic heterocycles. The number of hydrogen-bond acceptors (Lipinski definition) is 4. The van der Waals surface area contributed by atoms with Gasteiger partial charge < -0.3 is 5.11 Å². The molecule has 0 aliphatic carbocycles. The van der Waals surface area contributed by atoms with Crippen LogP contribution in [-0.4, -0.2) is 20.6 Å². The van der Waals surface area contributed by atoms with Gasteiger partial charge in [-0.1, -0.05) is 20.3 Å². The number of carbonyl (C=O) groups is 1. The first-order valence-electron chi connectivity index (χ1n) is 6.34. The molecule has 0 aliphatic rings. The molecular weight excluding hydrogens is 264 g/mol. The van der Waals surface area contributed by atoms with E-state index in [2.05, 4.69) is 11.9 Å². The van der Waals surface area contributed by atoms with E-state index in [1.807, 2.05) is 6.92 Å². The molecule has 0 aromatic carbocycles. The lowest BCUT2D eigenvalue weighted by Crippen LogP contribution is -2.25. The van der Waals surface area contributed by atoms with Gasteiger partial charge in [-0.05, 0) is 6.42 Å². The van der Waals surface area contributed by atoms with Crippen molar-refractivity contribution in [3.05, 3.63) is 27.1 Å². The molecule has 0 atom stereocenters. The average Bonchev–Trinajstić information content (AvgIpc) is 2.81. The molecule has 0 bridgehead atoms. The van der Waals surface area contributed by atoms with Crippen LogP contribution in [0, 0.1) is 0 Å². The predicted octanol–water partition coefficient (Wildman–Crippen LogP) is 2.52. The second-order valence-corrected chi connectivity index (χ2v) is 5.18. The first-order chi connectivity index (χ1) is 9.10. The van der Waals surface area contributed by atoms with Crippen molar-refractivity contribution < 1.29 is 9.90 Å². The van der Waals surface area contributed by atoms with E-state index in [0.29, 0.717) is 17.8 Å². The van der Waals surface area contributed by atoms with Gasteiger partial charge in [-0.25, -0.2) is 9.78 Å². The summed E-state index contributed by atoms with van der Waals surface area (Å²) in [4.78, 5) is 28.6. The van der Waals surface area contributed by atoms with Crippen molar-refractivity contribution in [2.75, 3.05) is 0 Å². The molecule has 0 spiro atoms. The maximum atomic E-state index is 12.5. The first-order valence-corrected chi connectivity index (χ1v) is 7.22. The Hall–Kier alpha value is -1.69. The number of aromatic nitrogens is 2. The lowest BCUT2D eigenvalue weighted by Gasteiger charge is -2.10. The summed E-state index contributed by atoms with van der Waals surface area (Å²) in [6.07, 6.45) is 2.52. The van der Waals surface area contributed by atoms with E-state index in [1.165, 1.54) is 16.7 Å². The summed E-state index contributed by atoms with van der Waals surface area (Å²) in [5.74, 6) is -0.346. The van der Waals surface area contributed by atoms with E-state index in [9.17, 15) is 9.59 Å². The van der Waals surface area contributed by atoms with Crippen molar-refractivity contribution in [3.63, 3.8) is 0 Å². The molecular formula is C13H16N2O3S. The number of hydrogen-bond donors (Lipinski definition) is 1. The van der Waals surface area contributed by atoms with Gasteiger partial charge in [-0.2, -0.15) is 0 Å². The molecule has 5 nitrogen and oxygen atoms in total. The molecule has 102 valence electrons. The smallest absolute Gasteiger partial charge is 0.337 e.